The lowest BCUT2D eigenvalue weighted by molar-refractivity contribution is -0.135. The Hall–Kier alpha value is -1.78. The summed E-state index contributed by atoms with van der Waals surface area (Å²) in [7, 11) is 1.82. The lowest BCUT2D eigenvalue weighted by Gasteiger charge is -2.19. The highest BCUT2D eigenvalue weighted by molar-refractivity contribution is 5.72. The Morgan fingerprint density at radius 2 is 2.57 bits per heavy atom. The molecule has 0 aliphatic rings. The Labute approximate surface area is 82.3 Å². The molecule has 0 atom stereocenters. The zero-order chi connectivity index (χ0) is 10.6. The number of anilines is 1. The summed E-state index contributed by atoms with van der Waals surface area (Å²) < 4.78 is 1.77. The molecule has 76 valence electrons. The van der Waals surface area contributed by atoms with Crippen molar-refractivity contribution < 1.29 is 9.90 Å². The van der Waals surface area contributed by atoms with Crippen LogP contribution in [0.5, 0.6) is 0 Å². The topological polar surface area (TPSA) is 58.4 Å². The Kier molecular flexibility index (Phi) is 3.28. The van der Waals surface area contributed by atoms with Crippen LogP contribution in [0.2, 0.25) is 0 Å². The number of nitrogens with zero attached hydrogens (tertiary/aromatic N) is 3. The van der Waals surface area contributed by atoms with Gasteiger partial charge < -0.3 is 14.6 Å². The quantitative estimate of drug-likeness (QED) is 0.695. The van der Waals surface area contributed by atoms with Crippen LogP contribution in [-0.2, 0) is 11.8 Å². The van der Waals surface area contributed by atoms with Crippen LogP contribution in [0.3, 0.4) is 0 Å². The molecule has 0 saturated carbocycles. The average molecular weight is 195 g/mol. The predicted octanol–water partition coefficient (Wildman–Crippen LogP) is 0.497. The second kappa shape index (κ2) is 4.45. The number of hydrogen-bond acceptors (Lipinski definition) is 3. The van der Waals surface area contributed by atoms with E-state index in [-0.39, 0.29) is 6.54 Å². The minimum absolute atomic E-state index is 0.0725. The number of carbonyl (C=O) groups is 1. The van der Waals surface area contributed by atoms with Crippen molar-refractivity contribution in [3.05, 3.63) is 25.0 Å². The third kappa shape index (κ3) is 2.35. The van der Waals surface area contributed by atoms with Crippen LogP contribution in [0.4, 0.5) is 5.95 Å². The molecule has 0 radical (unpaired) electrons. The van der Waals surface area contributed by atoms with Gasteiger partial charge in [-0.2, -0.15) is 0 Å². The van der Waals surface area contributed by atoms with E-state index in [0.29, 0.717) is 12.5 Å². The van der Waals surface area contributed by atoms with Gasteiger partial charge in [-0.15, -0.1) is 6.58 Å². The fourth-order valence-corrected chi connectivity index (χ4v) is 1.20. The number of hydrogen-bond donors (Lipinski definition) is 1. The third-order valence-corrected chi connectivity index (χ3v) is 1.75. The van der Waals surface area contributed by atoms with E-state index in [2.05, 4.69) is 11.6 Å². The molecule has 14 heavy (non-hydrogen) atoms. The van der Waals surface area contributed by atoms with Crippen LogP contribution in [0.25, 0.3) is 0 Å². The Bertz CT molecular complexity index is 333. The van der Waals surface area contributed by atoms with Gasteiger partial charge in [0.05, 0.1) is 0 Å². The molecule has 0 bridgehead atoms. The summed E-state index contributed by atoms with van der Waals surface area (Å²) in [6, 6.07) is 0. The summed E-state index contributed by atoms with van der Waals surface area (Å²) in [4.78, 5) is 16.3. The zero-order valence-corrected chi connectivity index (χ0v) is 8.05. The Morgan fingerprint density at radius 3 is 3.00 bits per heavy atom. The predicted molar refractivity (Wildman–Crippen MR) is 53.3 cm³/mol. The molecule has 0 amide bonds. The van der Waals surface area contributed by atoms with Crippen molar-refractivity contribution in [1.82, 2.24) is 9.55 Å². The first-order chi connectivity index (χ1) is 6.65. The van der Waals surface area contributed by atoms with Crippen LogP contribution in [-0.4, -0.2) is 33.7 Å². The summed E-state index contributed by atoms with van der Waals surface area (Å²) >= 11 is 0. The lowest BCUT2D eigenvalue weighted by Crippen LogP contribution is -2.31. The Morgan fingerprint density at radius 1 is 1.86 bits per heavy atom. The highest BCUT2D eigenvalue weighted by atomic mass is 16.4. The first kappa shape index (κ1) is 10.3. The number of carboxylic acid groups (broad SMARTS) is 1. The minimum Gasteiger partial charge on any atom is -0.480 e. The van der Waals surface area contributed by atoms with E-state index in [9.17, 15) is 4.79 Å². The Balaban J connectivity index is 2.82. The number of aliphatic carboxylic acids is 1. The molecule has 0 spiro atoms. The molecule has 1 aromatic rings. The van der Waals surface area contributed by atoms with Gasteiger partial charge in [0, 0.05) is 26.0 Å². The molecule has 0 unspecified atom stereocenters. The van der Waals surface area contributed by atoms with Gasteiger partial charge in [-0.3, -0.25) is 4.79 Å². The van der Waals surface area contributed by atoms with Crippen molar-refractivity contribution in [2.75, 3.05) is 18.0 Å². The molecule has 0 saturated heterocycles. The zero-order valence-electron chi connectivity index (χ0n) is 8.05. The van der Waals surface area contributed by atoms with Gasteiger partial charge in [0.15, 0.2) is 0 Å². The minimum atomic E-state index is -0.880. The van der Waals surface area contributed by atoms with E-state index in [1.807, 2.05) is 7.05 Å². The molecule has 1 rings (SSSR count). The molecular weight excluding hydrogens is 182 g/mol. The normalized spacial score (nSPS) is 9.79. The standard InChI is InChI=1S/C9H13N3O2/c1-3-5-12(7-8(13)14)9-10-4-6-11(9)2/h3-4,6H,1,5,7H2,2H3,(H,13,14). The van der Waals surface area contributed by atoms with Crippen molar-refractivity contribution in [3.63, 3.8) is 0 Å². The van der Waals surface area contributed by atoms with Crippen molar-refractivity contribution in [2.24, 2.45) is 7.05 Å². The van der Waals surface area contributed by atoms with E-state index in [0.717, 1.165) is 0 Å². The van der Waals surface area contributed by atoms with Crippen LogP contribution in [0.1, 0.15) is 0 Å². The molecule has 0 aromatic carbocycles. The maximum Gasteiger partial charge on any atom is 0.323 e. The maximum absolute atomic E-state index is 10.6. The lowest BCUT2D eigenvalue weighted by atomic mass is 10.5. The number of imidazole rings is 1. The molecule has 5 heteroatoms. The molecule has 1 heterocycles. The van der Waals surface area contributed by atoms with Crippen molar-refractivity contribution in [1.29, 1.82) is 0 Å². The fraction of sp³-hybridized carbons (Fsp3) is 0.333. The molecule has 0 aliphatic carbocycles. The smallest absolute Gasteiger partial charge is 0.323 e. The van der Waals surface area contributed by atoms with Gasteiger partial charge in [0.1, 0.15) is 6.54 Å². The number of aromatic nitrogens is 2. The number of aryl methyl sites for hydroxylation is 1. The van der Waals surface area contributed by atoms with Crippen molar-refractivity contribution in [3.8, 4) is 0 Å². The number of carboxylic acids is 1. The van der Waals surface area contributed by atoms with Gasteiger partial charge in [0.2, 0.25) is 5.95 Å². The van der Waals surface area contributed by atoms with Gasteiger partial charge in [-0.1, -0.05) is 6.08 Å². The molecular formula is C9H13N3O2. The summed E-state index contributed by atoms with van der Waals surface area (Å²) in [5.74, 6) is -0.248. The van der Waals surface area contributed by atoms with Crippen LogP contribution < -0.4 is 4.90 Å². The van der Waals surface area contributed by atoms with Gasteiger partial charge in [0.25, 0.3) is 0 Å². The van der Waals surface area contributed by atoms with Crippen LogP contribution >= 0.6 is 0 Å². The molecule has 0 aliphatic heterocycles. The van der Waals surface area contributed by atoms with E-state index in [1.54, 1.807) is 27.9 Å². The first-order valence-electron chi connectivity index (χ1n) is 4.20. The summed E-state index contributed by atoms with van der Waals surface area (Å²) in [5.41, 5.74) is 0. The van der Waals surface area contributed by atoms with Crippen LogP contribution in [0.15, 0.2) is 25.0 Å². The maximum atomic E-state index is 10.6. The van der Waals surface area contributed by atoms with E-state index >= 15 is 0 Å². The molecule has 5 nitrogen and oxygen atoms in total. The molecule has 1 aromatic heterocycles. The van der Waals surface area contributed by atoms with Crippen molar-refractivity contribution >= 4 is 11.9 Å². The highest BCUT2D eigenvalue weighted by Crippen LogP contribution is 2.08. The highest BCUT2D eigenvalue weighted by Gasteiger charge is 2.12. The second-order valence-electron chi connectivity index (χ2n) is 2.90. The van der Waals surface area contributed by atoms with Gasteiger partial charge in [-0.05, 0) is 0 Å². The van der Waals surface area contributed by atoms with E-state index < -0.39 is 5.97 Å². The molecule has 0 fully saturated rings. The van der Waals surface area contributed by atoms with E-state index in [1.165, 1.54) is 0 Å². The summed E-state index contributed by atoms with van der Waals surface area (Å²) in [6.45, 7) is 3.97. The van der Waals surface area contributed by atoms with Gasteiger partial charge >= 0.3 is 5.97 Å². The first-order valence-corrected chi connectivity index (χ1v) is 4.20. The largest absolute Gasteiger partial charge is 0.480 e. The monoisotopic (exact) mass is 195 g/mol. The third-order valence-electron chi connectivity index (χ3n) is 1.75. The summed E-state index contributed by atoms with van der Waals surface area (Å²) in [6.07, 6.45) is 5.05. The van der Waals surface area contributed by atoms with E-state index in [4.69, 9.17) is 5.11 Å². The SMILES string of the molecule is C=CCN(CC(=O)O)c1nccn1C. The summed E-state index contributed by atoms with van der Waals surface area (Å²) in [5, 5.41) is 8.69. The number of rotatable bonds is 5. The van der Waals surface area contributed by atoms with Gasteiger partial charge in [-0.25, -0.2) is 4.98 Å². The second-order valence-corrected chi connectivity index (χ2v) is 2.90. The molecule has 1 N–H and O–H groups in total. The van der Waals surface area contributed by atoms with Crippen molar-refractivity contribution in [2.45, 2.75) is 0 Å². The van der Waals surface area contributed by atoms with Crippen LogP contribution in [0, 0.1) is 0 Å². The fourth-order valence-electron chi connectivity index (χ4n) is 1.20. The average Bonchev–Trinajstić information content (AvgIpc) is 2.50.